The summed E-state index contributed by atoms with van der Waals surface area (Å²) in [4.78, 5) is 15.4. The number of hydrogen-bond donors (Lipinski definition) is 3. The number of benzene rings is 1. The first-order valence-corrected chi connectivity index (χ1v) is 9.57. The van der Waals surface area contributed by atoms with Gasteiger partial charge in [-0.1, -0.05) is 19.1 Å². The molecule has 1 amide bonds. The minimum atomic E-state index is -0.494. The summed E-state index contributed by atoms with van der Waals surface area (Å²) < 4.78 is 5.33. The van der Waals surface area contributed by atoms with E-state index in [2.05, 4.69) is 39.4 Å². The standard InChI is InChI=1S/C19H26N4O2S.HI/c1-3-21-19(22-10-14(2)16-7-8-26-13-16)23-11-15-5-4-6-17(9-15)25-12-18(20)24;/h4-9,13-14H,3,10-12H2,1-2H3,(H2,20,24)(H2,21,22,23);1H. The Balaban J connectivity index is 0.00000364. The molecule has 27 heavy (non-hydrogen) atoms. The highest BCUT2D eigenvalue weighted by Crippen LogP contribution is 2.17. The van der Waals surface area contributed by atoms with Crippen LogP contribution in [0.15, 0.2) is 46.1 Å². The quantitative estimate of drug-likeness (QED) is 0.280. The zero-order valence-electron chi connectivity index (χ0n) is 15.6. The van der Waals surface area contributed by atoms with Gasteiger partial charge in [-0.2, -0.15) is 11.3 Å². The third-order valence-corrected chi connectivity index (χ3v) is 4.43. The number of carbonyl (C=O) groups excluding carboxylic acids is 1. The van der Waals surface area contributed by atoms with Crippen LogP contribution in [-0.2, 0) is 11.3 Å². The SMILES string of the molecule is CCNC(=NCc1cccc(OCC(N)=O)c1)NCC(C)c1ccsc1.I. The molecule has 0 saturated carbocycles. The number of aliphatic imine (C=N–C) groups is 1. The minimum absolute atomic E-state index is 0. The largest absolute Gasteiger partial charge is 0.484 e. The average Bonchev–Trinajstić information content (AvgIpc) is 3.17. The third-order valence-electron chi connectivity index (χ3n) is 3.73. The molecular weight excluding hydrogens is 475 g/mol. The number of nitrogens with one attached hydrogen (secondary N) is 2. The van der Waals surface area contributed by atoms with E-state index in [1.165, 1.54) is 5.56 Å². The highest BCUT2D eigenvalue weighted by atomic mass is 127. The number of carbonyl (C=O) groups is 1. The molecule has 0 radical (unpaired) electrons. The lowest BCUT2D eigenvalue weighted by Crippen LogP contribution is -2.39. The van der Waals surface area contributed by atoms with Crippen LogP contribution in [0.25, 0.3) is 0 Å². The molecule has 0 spiro atoms. The van der Waals surface area contributed by atoms with Crippen molar-refractivity contribution in [2.45, 2.75) is 26.3 Å². The summed E-state index contributed by atoms with van der Waals surface area (Å²) in [7, 11) is 0. The first-order chi connectivity index (χ1) is 12.6. The molecule has 0 aliphatic heterocycles. The topological polar surface area (TPSA) is 88.7 Å². The molecule has 4 N–H and O–H groups in total. The van der Waals surface area contributed by atoms with Crippen LogP contribution < -0.4 is 21.1 Å². The molecule has 1 unspecified atom stereocenters. The molecule has 2 rings (SSSR count). The van der Waals surface area contributed by atoms with Crippen molar-refractivity contribution in [1.29, 1.82) is 0 Å². The number of rotatable bonds is 9. The van der Waals surface area contributed by atoms with E-state index in [9.17, 15) is 4.79 Å². The Morgan fingerprint density at radius 1 is 1.33 bits per heavy atom. The number of amides is 1. The summed E-state index contributed by atoms with van der Waals surface area (Å²) >= 11 is 1.71. The molecule has 1 atom stereocenters. The van der Waals surface area contributed by atoms with E-state index in [-0.39, 0.29) is 30.6 Å². The number of halogens is 1. The van der Waals surface area contributed by atoms with Gasteiger partial charge in [-0.05, 0) is 52.9 Å². The van der Waals surface area contributed by atoms with Crippen molar-refractivity contribution in [1.82, 2.24) is 10.6 Å². The van der Waals surface area contributed by atoms with E-state index in [1.807, 2.05) is 25.1 Å². The van der Waals surface area contributed by atoms with Gasteiger partial charge in [-0.3, -0.25) is 4.79 Å². The second-order valence-corrected chi connectivity index (χ2v) is 6.72. The Labute approximate surface area is 181 Å². The van der Waals surface area contributed by atoms with E-state index in [0.29, 0.717) is 18.2 Å². The zero-order valence-corrected chi connectivity index (χ0v) is 18.8. The lowest BCUT2D eigenvalue weighted by molar-refractivity contribution is -0.119. The summed E-state index contributed by atoms with van der Waals surface area (Å²) in [6.45, 7) is 6.22. The monoisotopic (exact) mass is 502 g/mol. The van der Waals surface area contributed by atoms with Crippen LogP contribution in [0, 0.1) is 0 Å². The molecule has 2 aromatic rings. The number of ether oxygens (including phenoxy) is 1. The van der Waals surface area contributed by atoms with Crippen LogP contribution in [0.1, 0.15) is 30.9 Å². The number of nitrogens with two attached hydrogens (primary N) is 1. The summed E-state index contributed by atoms with van der Waals surface area (Å²) in [5.41, 5.74) is 7.43. The molecule has 1 aromatic heterocycles. The van der Waals surface area contributed by atoms with Crippen LogP contribution in [-0.4, -0.2) is 31.6 Å². The van der Waals surface area contributed by atoms with Crippen LogP contribution in [0.4, 0.5) is 0 Å². The maximum atomic E-state index is 10.8. The molecule has 1 aromatic carbocycles. The highest BCUT2D eigenvalue weighted by molar-refractivity contribution is 14.0. The fraction of sp³-hybridized carbons (Fsp3) is 0.368. The van der Waals surface area contributed by atoms with Crippen molar-refractivity contribution in [3.8, 4) is 5.75 Å². The third kappa shape index (κ3) is 8.61. The second-order valence-electron chi connectivity index (χ2n) is 5.94. The van der Waals surface area contributed by atoms with Gasteiger partial charge in [0, 0.05) is 13.1 Å². The maximum Gasteiger partial charge on any atom is 0.255 e. The number of hydrogen-bond acceptors (Lipinski definition) is 4. The van der Waals surface area contributed by atoms with Crippen molar-refractivity contribution in [3.63, 3.8) is 0 Å². The first-order valence-electron chi connectivity index (χ1n) is 8.62. The summed E-state index contributed by atoms with van der Waals surface area (Å²) in [5.74, 6) is 1.31. The van der Waals surface area contributed by atoms with Gasteiger partial charge in [0.15, 0.2) is 12.6 Å². The molecule has 0 aliphatic rings. The normalized spacial score (nSPS) is 12.0. The zero-order chi connectivity index (χ0) is 18.8. The van der Waals surface area contributed by atoms with Gasteiger partial charge >= 0.3 is 0 Å². The van der Waals surface area contributed by atoms with E-state index < -0.39 is 5.91 Å². The van der Waals surface area contributed by atoms with E-state index in [0.717, 1.165) is 24.6 Å². The maximum absolute atomic E-state index is 10.8. The highest BCUT2D eigenvalue weighted by Gasteiger charge is 2.07. The Hall–Kier alpha value is -1.81. The molecule has 0 fully saturated rings. The fourth-order valence-corrected chi connectivity index (χ4v) is 3.11. The Morgan fingerprint density at radius 2 is 2.15 bits per heavy atom. The van der Waals surface area contributed by atoms with E-state index >= 15 is 0 Å². The average molecular weight is 502 g/mol. The van der Waals surface area contributed by atoms with Crippen molar-refractivity contribution < 1.29 is 9.53 Å². The van der Waals surface area contributed by atoms with Gasteiger partial charge in [0.1, 0.15) is 5.75 Å². The molecule has 8 heteroatoms. The summed E-state index contributed by atoms with van der Waals surface area (Å²) in [6.07, 6.45) is 0. The van der Waals surface area contributed by atoms with Crippen molar-refractivity contribution in [3.05, 3.63) is 52.2 Å². The molecular formula is C19H27IN4O2S. The molecule has 1 heterocycles. The molecule has 0 aliphatic carbocycles. The number of thiophene rings is 1. The van der Waals surface area contributed by atoms with Gasteiger partial charge < -0.3 is 21.1 Å². The van der Waals surface area contributed by atoms with Crippen LogP contribution in [0.2, 0.25) is 0 Å². The Kier molecular flexibility index (Phi) is 10.8. The number of guanidine groups is 1. The molecule has 148 valence electrons. The van der Waals surface area contributed by atoms with Crippen molar-refractivity contribution in [2.75, 3.05) is 19.7 Å². The lowest BCUT2D eigenvalue weighted by Gasteiger charge is -2.15. The van der Waals surface area contributed by atoms with Crippen LogP contribution in [0.5, 0.6) is 5.75 Å². The number of nitrogens with zero attached hydrogens (tertiary/aromatic N) is 1. The van der Waals surface area contributed by atoms with Crippen molar-refractivity contribution >= 4 is 47.2 Å². The van der Waals surface area contributed by atoms with Crippen LogP contribution in [0.3, 0.4) is 0 Å². The smallest absolute Gasteiger partial charge is 0.255 e. The summed E-state index contributed by atoms with van der Waals surface area (Å²) in [5, 5.41) is 10.9. The van der Waals surface area contributed by atoms with Crippen molar-refractivity contribution in [2.24, 2.45) is 10.7 Å². The Morgan fingerprint density at radius 3 is 2.81 bits per heavy atom. The van der Waals surface area contributed by atoms with Gasteiger partial charge in [0.05, 0.1) is 6.54 Å². The van der Waals surface area contributed by atoms with Gasteiger partial charge in [-0.25, -0.2) is 4.99 Å². The molecule has 6 nitrogen and oxygen atoms in total. The number of primary amides is 1. The van der Waals surface area contributed by atoms with E-state index in [4.69, 9.17) is 10.5 Å². The van der Waals surface area contributed by atoms with Gasteiger partial charge in [0.25, 0.3) is 5.91 Å². The fourth-order valence-electron chi connectivity index (χ4n) is 2.32. The molecule has 0 saturated heterocycles. The van der Waals surface area contributed by atoms with E-state index in [1.54, 1.807) is 17.4 Å². The predicted molar refractivity (Wildman–Crippen MR) is 122 cm³/mol. The van der Waals surface area contributed by atoms with Crippen LogP contribution >= 0.6 is 35.3 Å². The minimum Gasteiger partial charge on any atom is -0.484 e. The second kappa shape index (κ2) is 12.6. The first kappa shape index (κ1) is 23.2. The van der Waals surface area contributed by atoms with Gasteiger partial charge in [0.2, 0.25) is 0 Å². The summed E-state index contributed by atoms with van der Waals surface area (Å²) in [6, 6.07) is 9.66. The predicted octanol–water partition coefficient (Wildman–Crippen LogP) is 3.09. The molecule has 0 bridgehead atoms. The van der Waals surface area contributed by atoms with Gasteiger partial charge in [-0.15, -0.1) is 24.0 Å². The lowest BCUT2D eigenvalue weighted by atomic mass is 10.1. The Bertz CT molecular complexity index is 722.